The Kier molecular flexibility index (Phi) is 4.71. The molecule has 0 fully saturated rings. The van der Waals surface area contributed by atoms with Gasteiger partial charge in [-0.15, -0.1) is 0 Å². The number of hydrazine groups is 1. The third-order valence-corrected chi connectivity index (χ3v) is 4.31. The van der Waals surface area contributed by atoms with Crippen molar-refractivity contribution in [3.05, 3.63) is 68.2 Å². The monoisotopic (exact) mass is 308 g/mol. The van der Waals surface area contributed by atoms with Crippen LogP contribution < -0.4 is 11.3 Å². The van der Waals surface area contributed by atoms with Gasteiger partial charge in [0.1, 0.15) is 0 Å². The quantitative estimate of drug-likeness (QED) is 0.648. The summed E-state index contributed by atoms with van der Waals surface area (Å²) >= 11 is 12.6. The van der Waals surface area contributed by atoms with Gasteiger partial charge in [0.05, 0.1) is 6.04 Å². The van der Waals surface area contributed by atoms with Crippen LogP contribution in [0.15, 0.2) is 30.3 Å². The van der Waals surface area contributed by atoms with Crippen LogP contribution in [-0.2, 0) is 0 Å². The van der Waals surface area contributed by atoms with E-state index in [2.05, 4.69) is 38.3 Å². The molecule has 1 unspecified atom stereocenters. The molecule has 0 bridgehead atoms. The molecule has 4 heteroatoms. The van der Waals surface area contributed by atoms with E-state index in [-0.39, 0.29) is 6.04 Å². The lowest BCUT2D eigenvalue weighted by atomic mass is 9.92. The number of halogens is 2. The maximum Gasteiger partial charge on any atom is 0.0741 e. The predicted molar refractivity (Wildman–Crippen MR) is 86.3 cm³/mol. The second-order valence-electron chi connectivity index (χ2n) is 5.03. The van der Waals surface area contributed by atoms with Crippen molar-refractivity contribution < 1.29 is 0 Å². The molecule has 0 aliphatic rings. The second kappa shape index (κ2) is 6.15. The lowest BCUT2D eigenvalue weighted by molar-refractivity contribution is 0.633. The first-order chi connectivity index (χ1) is 9.45. The van der Waals surface area contributed by atoms with E-state index in [0.717, 1.165) is 16.7 Å². The van der Waals surface area contributed by atoms with E-state index in [9.17, 15) is 0 Å². The smallest absolute Gasteiger partial charge is 0.0741 e. The molecule has 2 nitrogen and oxygen atoms in total. The summed E-state index contributed by atoms with van der Waals surface area (Å²) < 4.78 is 0. The molecule has 0 heterocycles. The van der Waals surface area contributed by atoms with Crippen LogP contribution in [0.5, 0.6) is 0 Å². The maximum atomic E-state index is 6.30. The highest BCUT2D eigenvalue weighted by atomic mass is 35.5. The molecule has 0 aliphatic carbocycles. The summed E-state index contributed by atoms with van der Waals surface area (Å²) in [6.07, 6.45) is 0. The summed E-state index contributed by atoms with van der Waals surface area (Å²) in [5.41, 5.74) is 8.37. The van der Waals surface area contributed by atoms with Gasteiger partial charge < -0.3 is 0 Å². The van der Waals surface area contributed by atoms with Crippen LogP contribution in [0.4, 0.5) is 0 Å². The minimum Gasteiger partial charge on any atom is -0.271 e. The van der Waals surface area contributed by atoms with Gasteiger partial charge in [0.15, 0.2) is 0 Å². The minimum absolute atomic E-state index is 0.226. The molecule has 0 amide bonds. The zero-order valence-corrected chi connectivity index (χ0v) is 13.3. The Balaban J connectivity index is 2.62. The van der Waals surface area contributed by atoms with E-state index >= 15 is 0 Å². The van der Waals surface area contributed by atoms with Crippen molar-refractivity contribution in [2.75, 3.05) is 0 Å². The van der Waals surface area contributed by atoms with Crippen LogP contribution in [0.2, 0.25) is 10.0 Å². The zero-order chi connectivity index (χ0) is 14.9. The summed E-state index contributed by atoms with van der Waals surface area (Å²) in [5, 5.41) is 1.22. The Morgan fingerprint density at radius 2 is 1.50 bits per heavy atom. The number of aryl methyl sites for hydroxylation is 3. The van der Waals surface area contributed by atoms with E-state index in [1.54, 1.807) is 0 Å². The Bertz CT molecular complexity index is 618. The number of benzene rings is 2. The van der Waals surface area contributed by atoms with Crippen molar-refractivity contribution in [1.29, 1.82) is 0 Å². The first-order valence-corrected chi connectivity index (χ1v) is 7.19. The van der Waals surface area contributed by atoms with Crippen LogP contribution in [-0.4, -0.2) is 0 Å². The number of hydrogen-bond acceptors (Lipinski definition) is 2. The largest absolute Gasteiger partial charge is 0.271 e. The van der Waals surface area contributed by atoms with Crippen LogP contribution in [0.1, 0.15) is 33.9 Å². The number of hydrogen-bond donors (Lipinski definition) is 2. The van der Waals surface area contributed by atoms with Gasteiger partial charge in [0, 0.05) is 15.6 Å². The average Bonchev–Trinajstić information content (AvgIpc) is 2.39. The minimum atomic E-state index is -0.226. The number of rotatable bonds is 3. The third kappa shape index (κ3) is 2.84. The molecule has 3 N–H and O–H groups in total. The zero-order valence-electron chi connectivity index (χ0n) is 11.8. The number of nitrogens with two attached hydrogens (primary N) is 1. The van der Waals surface area contributed by atoms with Gasteiger partial charge in [-0.3, -0.25) is 5.84 Å². The third-order valence-electron chi connectivity index (χ3n) is 3.65. The van der Waals surface area contributed by atoms with Gasteiger partial charge in [-0.1, -0.05) is 41.4 Å². The predicted octanol–water partition coefficient (Wildman–Crippen LogP) is 4.47. The fourth-order valence-electron chi connectivity index (χ4n) is 2.41. The summed E-state index contributed by atoms with van der Waals surface area (Å²) in [6, 6.07) is 9.53. The second-order valence-corrected chi connectivity index (χ2v) is 5.84. The van der Waals surface area contributed by atoms with Crippen molar-refractivity contribution in [1.82, 2.24) is 5.43 Å². The molecule has 0 saturated carbocycles. The summed E-state index contributed by atoms with van der Waals surface area (Å²) in [5.74, 6) is 5.76. The molecule has 2 aromatic carbocycles. The van der Waals surface area contributed by atoms with Crippen LogP contribution in [0.3, 0.4) is 0 Å². The molecule has 0 aliphatic heterocycles. The molecule has 20 heavy (non-hydrogen) atoms. The van der Waals surface area contributed by atoms with Crippen molar-refractivity contribution in [2.24, 2.45) is 5.84 Å². The Hall–Kier alpha value is -1.06. The van der Waals surface area contributed by atoms with Gasteiger partial charge >= 0.3 is 0 Å². The normalized spacial score (nSPS) is 12.5. The van der Waals surface area contributed by atoms with Gasteiger partial charge in [-0.25, -0.2) is 5.43 Å². The number of nitrogens with one attached hydrogen (secondary N) is 1. The highest BCUT2D eigenvalue weighted by Crippen LogP contribution is 2.35. The SMILES string of the molecule is Cc1cc(C)c(C(NN)c2c(Cl)cccc2Cl)cc1C. The van der Waals surface area contributed by atoms with E-state index in [4.69, 9.17) is 29.0 Å². The topological polar surface area (TPSA) is 38.0 Å². The highest BCUT2D eigenvalue weighted by Gasteiger charge is 2.20. The first kappa shape index (κ1) is 15.3. The molecule has 1 atom stereocenters. The van der Waals surface area contributed by atoms with Gasteiger partial charge in [0.2, 0.25) is 0 Å². The van der Waals surface area contributed by atoms with Crippen LogP contribution in [0.25, 0.3) is 0 Å². The molecule has 0 aromatic heterocycles. The van der Waals surface area contributed by atoms with Gasteiger partial charge in [-0.2, -0.15) is 0 Å². The first-order valence-electron chi connectivity index (χ1n) is 6.43. The molecule has 0 spiro atoms. The van der Waals surface area contributed by atoms with E-state index in [1.807, 2.05) is 18.2 Å². The summed E-state index contributed by atoms with van der Waals surface area (Å²) in [7, 11) is 0. The summed E-state index contributed by atoms with van der Waals surface area (Å²) in [4.78, 5) is 0. The molecule has 106 valence electrons. The summed E-state index contributed by atoms with van der Waals surface area (Å²) in [6.45, 7) is 6.25. The Morgan fingerprint density at radius 3 is 2.05 bits per heavy atom. The highest BCUT2D eigenvalue weighted by molar-refractivity contribution is 6.36. The van der Waals surface area contributed by atoms with Crippen molar-refractivity contribution in [3.63, 3.8) is 0 Å². The lowest BCUT2D eigenvalue weighted by Crippen LogP contribution is -2.30. The van der Waals surface area contributed by atoms with Crippen LogP contribution in [0, 0.1) is 20.8 Å². The molecular weight excluding hydrogens is 291 g/mol. The average molecular weight is 309 g/mol. The Labute approximate surface area is 129 Å². The Morgan fingerprint density at radius 1 is 0.950 bits per heavy atom. The van der Waals surface area contributed by atoms with Crippen molar-refractivity contribution in [2.45, 2.75) is 26.8 Å². The molecule has 2 rings (SSSR count). The molecular formula is C16H18Cl2N2. The fraction of sp³-hybridized carbons (Fsp3) is 0.250. The molecule has 0 saturated heterocycles. The molecule has 0 radical (unpaired) electrons. The van der Waals surface area contributed by atoms with Gasteiger partial charge in [0.25, 0.3) is 0 Å². The van der Waals surface area contributed by atoms with Crippen molar-refractivity contribution >= 4 is 23.2 Å². The standard InChI is InChI=1S/C16H18Cl2N2/c1-9-7-11(3)12(8-10(9)2)16(20-19)15-13(17)5-4-6-14(15)18/h4-8,16,20H,19H2,1-3H3. The van der Waals surface area contributed by atoms with Crippen LogP contribution >= 0.6 is 23.2 Å². The lowest BCUT2D eigenvalue weighted by Gasteiger charge is -2.22. The van der Waals surface area contributed by atoms with E-state index in [0.29, 0.717) is 10.0 Å². The van der Waals surface area contributed by atoms with E-state index in [1.165, 1.54) is 11.1 Å². The van der Waals surface area contributed by atoms with Gasteiger partial charge in [-0.05, 0) is 55.2 Å². The maximum absolute atomic E-state index is 6.30. The van der Waals surface area contributed by atoms with E-state index < -0.39 is 0 Å². The molecule has 2 aromatic rings. The van der Waals surface area contributed by atoms with Crippen molar-refractivity contribution in [3.8, 4) is 0 Å². The fourth-order valence-corrected chi connectivity index (χ4v) is 3.02.